The van der Waals surface area contributed by atoms with Gasteiger partial charge in [0.2, 0.25) is 5.91 Å². The van der Waals surface area contributed by atoms with Gasteiger partial charge < -0.3 is 41.7 Å². The highest BCUT2D eigenvalue weighted by Gasteiger charge is 2.29. The fraction of sp³-hybridized carbons (Fsp3) is 0.667. The smallest absolute Gasteiger partial charge is 0.407 e. The first kappa shape index (κ1) is 28.2. The van der Waals surface area contributed by atoms with Crippen molar-refractivity contribution in [3.05, 3.63) is 11.8 Å². The molecule has 12 heteroatoms. The van der Waals surface area contributed by atoms with E-state index in [4.69, 9.17) is 15.6 Å². The minimum atomic E-state index is -1.31. The van der Waals surface area contributed by atoms with Crippen LogP contribution in [0.15, 0.2) is 11.8 Å². The van der Waals surface area contributed by atoms with Crippen molar-refractivity contribution in [1.29, 1.82) is 0 Å². The van der Waals surface area contributed by atoms with Crippen LogP contribution < -0.4 is 21.7 Å². The van der Waals surface area contributed by atoms with E-state index < -0.39 is 48.7 Å². The van der Waals surface area contributed by atoms with Crippen molar-refractivity contribution in [3.8, 4) is 11.8 Å². The van der Waals surface area contributed by atoms with E-state index in [-0.39, 0.29) is 31.8 Å². The molecule has 0 spiro atoms. The SMILES string of the molecule is CC(CC(O)C(O)CO)N1C=C(C#CCNC(=O)CCNC(=O)OC(C)(C)C)C(N)NC1=O. The van der Waals surface area contributed by atoms with E-state index in [1.54, 1.807) is 27.7 Å². The minimum Gasteiger partial charge on any atom is -0.444 e. The van der Waals surface area contributed by atoms with Crippen molar-refractivity contribution < 1.29 is 34.4 Å². The summed E-state index contributed by atoms with van der Waals surface area (Å²) in [6.07, 6.45) is -2.44. The fourth-order valence-corrected chi connectivity index (χ4v) is 2.72. The van der Waals surface area contributed by atoms with E-state index in [2.05, 4.69) is 27.8 Å². The summed E-state index contributed by atoms with van der Waals surface area (Å²) in [4.78, 5) is 36.9. The molecule has 4 amide bonds. The molecular weight excluding hydrogens is 434 g/mol. The average molecular weight is 470 g/mol. The maximum atomic E-state index is 12.2. The third-order valence-electron chi connectivity index (χ3n) is 4.44. The Bertz CT molecular complexity index is 784. The molecule has 0 radical (unpaired) electrons. The van der Waals surface area contributed by atoms with E-state index in [9.17, 15) is 24.6 Å². The van der Waals surface area contributed by atoms with Gasteiger partial charge in [-0.05, 0) is 34.1 Å². The Morgan fingerprint density at radius 1 is 1.30 bits per heavy atom. The third kappa shape index (κ3) is 10.5. The number of nitrogens with one attached hydrogen (secondary N) is 3. The first-order valence-corrected chi connectivity index (χ1v) is 10.6. The molecule has 0 aromatic heterocycles. The molecule has 0 saturated heterocycles. The number of amides is 4. The molecule has 12 nitrogen and oxygen atoms in total. The highest BCUT2D eigenvalue weighted by Crippen LogP contribution is 2.16. The van der Waals surface area contributed by atoms with E-state index in [0.717, 1.165) is 0 Å². The van der Waals surface area contributed by atoms with Crippen molar-refractivity contribution in [1.82, 2.24) is 20.9 Å². The van der Waals surface area contributed by atoms with E-state index in [1.165, 1.54) is 11.1 Å². The lowest BCUT2D eigenvalue weighted by Gasteiger charge is -2.33. The minimum absolute atomic E-state index is 0.0228. The predicted octanol–water partition coefficient (Wildman–Crippen LogP) is -1.29. The Kier molecular flexibility index (Phi) is 11.1. The maximum Gasteiger partial charge on any atom is 0.407 e. The molecule has 0 aromatic rings. The normalized spacial score (nSPS) is 18.7. The van der Waals surface area contributed by atoms with Gasteiger partial charge in [0.15, 0.2) is 0 Å². The van der Waals surface area contributed by atoms with Gasteiger partial charge >= 0.3 is 12.1 Å². The van der Waals surface area contributed by atoms with Crippen LogP contribution in [0, 0.1) is 11.8 Å². The molecule has 0 fully saturated rings. The van der Waals surface area contributed by atoms with Gasteiger partial charge in [-0.1, -0.05) is 11.8 Å². The maximum absolute atomic E-state index is 12.2. The van der Waals surface area contributed by atoms with Gasteiger partial charge in [0.1, 0.15) is 17.9 Å². The topological polar surface area (TPSA) is 186 Å². The molecule has 4 atom stereocenters. The highest BCUT2D eigenvalue weighted by atomic mass is 16.6. The van der Waals surface area contributed by atoms with Crippen LogP contribution in [0.2, 0.25) is 0 Å². The van der Waals surface area contributed by atoms with Crippen molar-refractivity contribution in [2.24, 2.45) is 5.73 Å². The van der Waals surface area contributed by atoms with Crippen molar-refractivity contribution >= 4 is 18.0 Å². The summed E-state index contributed by atoms with van der Waals surface area (Å²) in [6, 6.07) is -1.00. The number of carbonyl (C=O) groups is 3. The number of rotatable bonds is 9. The second-order valence-corrected chi connectivity index (χ2v) is 8.58. The molecule has 1 aliphatic heterocycles. The van der Waals surface area contributed by atoms with Crippen LogP contribution in [0.5, 0.6) is 0 Å². The van der Waals surface area contributed by atoms with Gasteiger partial charge in [-0.3, -0.25) is 9.69 Å². The molecule has 186 valence electrons. The second kappa shape index (κ2) is 13.0. The fourth-order valence-electron chi connectivity index (χ4n) is 2.72. The van der Waals surface area contributed by atoms with Gasteiger partial charge in [-0.25, -0.2) is 9.59 Å². The molecule has 33 heavy (non-hydrogen) atoms. The number of nitrogens with two attached hydrogens (primary N) is 1. The first-order chi connectivity index (χ1) is 15.3. The Morgan fingerprint density at radius 2 is 1.97 bits per heavy atom. The summed E-state index contributed by atoms with van der Waals surface area (Å²) in [5, 5.41) is 35.9. The Morgan fingerprint density at radius 3 is 2.58 bits per heavy atom. The molecule has 4 unspecified atom stereocenters. The number of ether oxygens (including phenoxy) is 1. The van der Waals surface area contributed by atoms with Gasteiger partial charge in [0, 0.05) is 25.2 Å². The molecule has 0 aromatic carbocycles. The molecule has 0 bridgehead atoms. The molecule has 1 rings (SSSR count). The molecule has 0 aliphatic carbocycles. The molecule has 1 heterocycles. The van der Waals surface area contributed by atoms with E-state index in [1.807, 2.05) is 0 Å². The largest absolute Gasteiger partial charge is 0.444 e. The second-order valence-electron chi connectivity index (χ2n) is 8.58. The Labute approximate surface area is 193 Å². The summed E-state index contributed by atoms with van der Waals surface area (Å²) < 4.78 is 5.07. The van der Waals surface area contributed by atoms with Crippen molar-refractivity contribution in [2.75, 3.05) is 19.7 Å². The number of hydrogen-bond acceptors (Lipinski definition) is 8. The highest BCUT2D eigenvalue weighted by molar-refractivity contribution is 5.79. The molecule has 1 aliphatic rings. The molecule has 8 N–H and O–H groups in total. The summed E-state index contributed by atoms with van der Waals surface area (Å²) in [5.41, 5.74) is 5.66. The van der Waals surface area contributed by atoms with Gasteiger partial charge in [-0.15, -0.1) is 0 Å². The summed E-state index contributed by atoms with van der Waals surface area (Å²) in [5.74, 6) is 5.22. The van der Waals surface area contributed by atoms with Crippen LogP contribution in [0.1, 0.15) is 40.5 Å². The third-order valence-corrected chi connectivity index (χ3v) is 4.44. The number of nitrogens with zero attached hydrogens (tertiary/aromatic N) is 1. The van der Waals surface area contributed by atoms with Crippen LogP contribution in [-0.4, -0.2) is 88.0 Å². The van der Waals surface area contributed by atoms with E-state index >= 15 is 0 Å². The molecular formula is C21H35N5O7. The summed E-state index contributed by atoms with van der Waals surface area (Å²) >= 11 is 0. The lowest BCUT2D eigenvalue weighted by atomic mass is 10.0. The zero-order valence-corrected chi connectivity index (χ0v) is 19.4. The van der Waals surface area contributed by atoms with Gasteiger partial charge in [-0.2, -0.15) is 0 Å². The van der Waals surface area contributed by atoms with Gasteiger partial charge in [0.25, 0.3) is 0 Å². The number of urea groups is 1. The Balaban J connectivity index is 2.55. The first-order valence-electron chi connectivity index (χ1n) is 10.6. The monoisotopic (exact) mass is 469 g/mol. The van der Waals surface area contributed by atoms with Crippen molar-refractivity contribution in [3.63, 3.8) is 0 Å². The van der Waals surface area contributed by atoms with E-state index in [0.29, 0.717) is 5.57 Å². The summed E-state index contributed by atoms with van der Waals surface area (Å²) in [7, 11) is 0. The van der Waals surface area contributed by atoms with Crippen LogP contribution >= 0.6 is 0 Å². The number of aliphatic hydroxyl groups excluding tert-OH is 3. The zero-order valence-electron chi connectivity index (χ0n) is 19.4. The quantitative estimate of drug-likeness (QED) is 0.203. The van der Waals surface area contributed by atoms with Crippen LogP contribution in [0.4, 0.5) is 9.59 Å². The van der Waals surface area contributed by atoms with Crippen LogP contribution in [-0.2, 0) is 9.53 Å². The molecule has 0 saturated carbocycles. The van der Waals surface area contributed by atoms with Crippen molar-refractivity contribution in [2.45, 2.75) is 70.6 Å². The Hall–Kier alpha value is -2.85. The number of hydrogen-bond donors (Lipinski definition) is 7. The summed E-state index contributed by atoms with van der Waals surface area (Å²) in [6.45, 7) is 6.42. The number of carbonyl (C=O) groups excluding carboxylic acids is 3. The standard InChI is InChI=1S/C21H35N5O7/c1-13(10-15(28)16(29)12-27)26-11-14(18(22)25-19(26)31)6-5-8-23-17(30)7-9-24-20(32)33-21(2,3)4/h11,13,15-16,18,27-29H,7-10,12,22H2,1-4H3,(H,23,30)(H,24,32)(H,25,31). The van der Waals surface area contributed by atoms with Gasteiger partial charge in [0.05, 0.1) is 24.8 Å². The number of alkyl carbamates (subject to hydrolysis) is 1. The predicted molar refractivity (Wildman–Crippen MR) is 119 cm³/mol. The zero-order chi connectivity index (χ0) is 25.2. The van der Waals surface area contributed by atoms with Crippen LogP contribution in [0.3, 0.4) is 0 Å². The van der Waals surface area contributed by atoms with Crippen LogP contribution in [0.25, 0.3) is 0 Å². The lowest BCUT2D eigenvalue weighted by Crippen LogP contribution is -2.54. The lowest BCUT2D eigenvalue weighted by molar-refractivity contribution is -0.120. The average Bonchev–Trinajstić information content (AvgIpc) is 2.70. The number of aliphatic hydroxyl groups is 3.